The molecule has 0 aromatic heterocycles. The lowest BCUT2D eigenvalue weighted by Crippen LogP contribution is -2.40. The van der Waals surface area contributed by atoms with Gasteiger partial charge < -0.3 is 28.5 Å². The molecule has 0 radical (unpaired) electrons. The predicted octanol–water partition coefficient (Wildman–Crippen LogP) is 7.74. The van der Waals surface area contributed by atoms with Crippen LogP contribution in [0.1, 0.15) is 43.0 Å². The third-order valence-electron chi connectivity index (χ3n) is 10.8. The number of carbonyl (C=O) groups is 2. The van der Waals surface area contributed by atoms with Gasteiger partial charge in [0.25, 0.3) is 17.5 Å². The van der Waals surface area contributed by atoms with E-state index in [0.29, 0.717) is 77.9 Å². The number of hydrogen-bond donors (Lipinski definition) is 0. The quantitative estimate of drug-likeness (QED) is 0.0792. The second-order valence-electron chi connectivity index (χ2n) is 14.1. The summed E-state index contributed by atoms with van der Waals surface area (Å²) in [6.45, 7) is 0.484. The van der Waals surface area contributed by atoms with Crippen LogP contribution < -0.4 is 33.4 Å². The second-order valence-corrected chi connectivity index (χ2v) is 14.9. The Balaban J connectivity index is 0.965. The molecular formula is C43H36N5O8P. The normalized spacial score (nSPS) is 17.5. The average molecular weight is 782 g/mol. The molecule has 2 amide bonds. The van der Waals surface area contributed by atoms with Crippen molar-refractivity contribution >= 4 is 61.1 Å². The summed E-state index contributed by atoms with van der Waals surface area (Å²) in [5.41, 5.74) is 6.83. The van der Waals surface area contributed by atoms with Crippen LogP contribution in [-0.2, 0) is 26.1 Å². The lowest BCUT2D eigenvalue weighted by molar-refractivity contribution is -0.385. The molecule has 0 saturated carbocycles. The summed E-state index contributed by atoms with van der Waals surface area (Å²) in [7, 11) is 3.70. The Hall–Kier alpha value is -6.72. The zero-order chi connectivity index (χ0) is 39.4. The molecule has 2 atom stereocenters. The number of carbonyl (C=O) groups excluding carboxylic acids is 2. The van der Waals surface area contributed by atoms with Crippen molar-refractivity contribution in [2.24, 2.45) is 4.99 Å². The minimum atomic E-state index is -0.467. The summed E-state index contributed by atoms with van der Waals surface area (Å²) in [6, 6.07) is 26.9. The molecule has 0 spiro atoms. The van der Waals surface area contributed by atoms with E-state index in [1.54, 1.807) is 41.4 Å². The molecule has 4 aliphatic rings. The molecule has 0 N–H and O–H groups in total. The number of benzene rings is 5. The number of hydrogen-bond acceptors (Lipinski definition) is 10. The first kappa shape index (κ1) is 35.9. The van der Waals surface area contributed by atoms with Crippen molar-refractivity contribution in [1.29, 1.82) is 0 Å². The Morgan fingerprint density at radius 3 is 2.00 bits per heavy atom. The fourth-order valence-electron chi connectivity index (χ4n) is 8.18. The largest absolute Gasteiger partial charge is 0.493 e. The Bertz CT molecular complexity index is 2540. The fourth-order valence-corrected chi connectivity index (χ4v) is 8.80. The molecule has 14 heteroatoms. The molecule has 0 unspecified atom stereocenters. The summed E-state index contributed by atoms with van der Waals surface area (Å²) in [6.07, 6.45) is 7.31. The van der Waals surface area contributed by atoms with Gasteiger partial charge in [0.1, 0.15) is 13.2 Å². The maximum absolute atomic E-state index is 14.1. The van der Waals surface area contributed by atoms with Crippen LogP contribution in [0.3, 0.4) is 0 Å². The zero-order valence-corrected chi connectivity index (χ0v) is 32.0. The maximum Gasteiger partial charge on any atom is 0.270 e. The van der Waals surface area contributed by atoms with E-state index in [4.69, 9.17) is 18.9 Å². The summed E-state index contributed by atoms with van der Waals surface area (Å²) >= 11 is 0. The molecule has 0 bridgehead atoms. The fraction of sp³-hybridized carbons (Fsp3) is 0.209. The third kappa shape index (κ3) is 6.30. The molecule has 9 rings (SSSR count). The van der Waals surface area contributed by atoms with Crippen molar-refractivity contribution in [3.63, 3.8) is 0 Å². The average Bonchev–Trinajstić information content (AvgIpc) is 3.73. The van der Waals surface area contributed by atoms with Gasteiger partial charge in [-0.2, -0.15) is 0 Å². The highest BCUT2D eigenvalue weighted by atomic mass is 31.1. The van der Waals surface area contributed by atoms with Crippen LogP contribution in [0.15, 0.2) is 96.0 Å². The van der Waals surface area contributed by atoms with E-state index < -0.39 is 4.92 Å². The van der Waals surface area contributed by atoms with Gasteiger partial charge in [0, 0.05) is 63.2 Å². The van der Waals surface area contributed by atoms with E-state index >= 15 is 0 Å². The number of para-hydroxylation sites is 2. The van der Waals surface area contributed by atoms with Crippen molar-refractivity contribution in [3.05, 3.63) is 134 Å². The monoisotopic (exact) mass is 781 g/mol. The molecule has 286 valence electrons. The Kier molecular flexibility index (Phi) is 9.09. The highest BCUT2D eigenvalue weighted by Gasteiger charge is 2.40. The first-order valence-corrected chi connectivity index (χ1v) is 19.4. The number of anilines is 3. The van der Waals surface area contributed by atoms with E-state index in [1.165, 1.54) is 26.4 Å². The molecule has 5 aromatic carbocycles. The van der Waals surface area contributed by atoms with Crippen LogP contribution in [0.4, 0.5) is 28.4 Å². The van der Waals surface area contributed by atoms with Gasteiger partial charge in [-0.15, -0.1) is 0 Å². The maximum atomic E-state index is 14.1. The number of rotatable bonds is 10. The van der Waals surface area contributed by atoms with Crippen molar-refractivity contribution < 1.29 is 33.5 Å². The summed E-state index contributed by atoms with van der Waals surface area (Å²) in [5.74, 6) is 1.06. The Labute approximate surface area is 329 Å². The summed E-state index contributed by atoms with van der Waals surface area (Å²) in [5, 5.41) is 12.1. The van der Waals surface area contributed by atoms with Crippen LogP contribution in [0.2, 0.25) is 0 Å². The standard InChI is InChI=1S/C43H36N5O8P/c1-53-38-17-32-34(44-21-30-15-27-8-4-6-10-35(27)46(30)42(32)49)19-40(38)55-23-25-12-26(14-29(13-25)48(51)52)24-56-41-20-37-33(18-39(41)54-2)43(50)47-31(22-45(37)57-3)16-28-9-5-7-11-36(28)47/h4-14,17-21,30-31H,3,15-16,22-24H2,1-2H3/t30-,31-/m0/s1. The van der Waals surface area contributed by atoms with Crippen molar-refractivity contribution in [2.75, 3.05) is 35.2 Å². The number of non-ortho nitro benzene ring substituents is 1. The van der Waals surface area contributed by atoms with Crippen LogP contribution in [0.25, 0.3) is 0 Å². The van der Waals surface area contributed by atoms with Gasteiger partial charge in [0.15, 0.2) is 23.0 Å². The first-order valence-electron chi connectivity index (χ1n) is 18.3. The lowest BCUT2D eigenvalue weighted by Gasteiger charge is -2.25. The highest BCUT2D eigenvalue weighted by molar-refractivity contribution is 7.38. The van der Waals surface area contributed by atoms with E-state index in [0.717, 1.165) is 28.9 Å². The van der Waals surface area contributed by atoms with Crippen LogP contribution in [-0.4, -0.2) is 62.1 Å². The Morgan fingerprint density at radius 1 is 0.754 bits per heavy atom. The van der Waals surface area contributed by atoms with E-state index in [9.17, 15) is 19.7 Å². The minimum absolute atomic E-state index is 0.0399. The molecule has 57 heavy (non-hydrogen) atoms. The van der Waals surface area contributed by atoms with Crippen molar-refractivity contribution in [2.45, 2.75) is 38.1 Å². The third-order valence-corrected chi connectivity index (χ3v) is 11.5. The molecule has 5 aromatic rings. The number of aliphatic imine (C=N–C) groups is 1. The lowest BCUT2D eigenvalue weighted by atomic mass is 10.1. The predicted molar refractivity (Wildman–Crippen MR) is 219 cm³/mol. The van der Waals surface area contributed by atoms with E-state index in [1.807, 2.05) is 52.0 Å². The molecular weight excluding hydrogens is 745 g/mol. The SMILES string of the molecule is C=PN1C[C@@H]2Cc3ccccc3N2C(=O)c2cc(OC)c(OCc3cc(COc4cc5c(cc4OC)C(=O)N4c6ccccc6C[C@H]4C=N5)cc([N+](=O)[O-])c3)cc21. The van der Waals surface area contributed by atoms with Gasteiger partial charge in [0.2, 0.25) is 0 Å². The molecule has 4 aliphatic heterocycles. The van der Waals surface area contributed by atoms with Crippen LogP contribution in [0.5, 0.6) is 23.0 Å². The summed E-state index contributed by atoms with van der Waals surface area (Å²) in [4.78, 5) is 47.8. The molecule has 0 fully saturated rings. The number of nitrogens with zero attached hydrogens (tertiary/aromatic N) is 5. The first-order chi connectivity index (χ1) is 27.7. The van der Waals surface area contributed by atoms with Gasteiger partial charge in [0.05, 0.1) is 53.7 Å². The number of fused-ring (bicyclic) bond motifs is 8. The Morgan fingerprint density at radius 2 is 1.35 bits per heavy atom. The van der Waals surface area contributed by atoms with Crippen molar-refractivity contribution in [1.82, 2.24) is 0 Å². The zero-order valence-electron chi connectivity index (χ0n) is 31.1. The highest BCUT2D eigenvalue weighted by Crippen LogP contribution is 2.45. The molecule has 0 saturated heterocycles. The number of nitro groups is 1. The van der Waals surface area contributed by atoms with Crippen LogP contribution >= 0.6 is 8.35 Å². The molecule has 13 nitrogen and oxygen atoms in total. The van der Waals surface area contributed by atoms with Gasteiger partial charge in [-0.25, -0.2) is 0 Å². The van der Waals surface area contributed by atoms with Gasteiger partial charge in [-0.1, -0.05) is 42.7 Å². The van der Waals surface area contributed by atoms with E-state index in [-0.39, 0.29) is 42.8 Å². The smallest absolute Gasteiger partial charge is 0.270 e. The number of ether oxygens (including phenoxy) is 4. The number of methoxy groups -OCH3 is 2. The summed E-state index contributed by atoms with van der Waals surface area (Å²) < 4.78 is 25.9. The second kappa shape index (κ2) is 14.4. The van der Waals surface area contributed by atoms with Gasteiger partial charge in [-0.3, -0.25) is 29.6 Å². The molecule has 0 aliphatic carbocycles. The van der Waals surface area contributed by atoms with Gasteiger partial charge in [-0.05, 0) is 59.0 Å². The molecule has 4 heterocycles. The van der Waals surface area contributed by atoms with Crippen molar-refractivity contribution in [3.8, 4) is 23.0 Å². The number of amides is 2. The minimum Gasteiger partial charge on any atom is -0.493 e. The van der Waals surface area contributed by atoms with Gasteiger partial charge >= 0.3 is 0 Å². The van der Waals surface area contributed by atoms with E-state index in [2.05, 4.69) is 17.4 Å². The van der Waals surface area contributed by atoms with Crippen LogP contribution in [0, 0.1) is 10.1 Å². The number of nitro benzene ring substituents is 1. The topological polar surface area (TPSA) is 136 Å².